The predicted octanol–water partition coefficient (Wildman–Crippen LogP) is 5.06. The molecule has 1 unspecified atom stereocenters. The molecule has 0 bridgehead atoms. The summed E-state index contributed by atoms with van der Waals surface area (Å²) in [5, 5.41) is 0. The fourth-order valence-electron chi connectivity index (χ4n) is 2.66. The van der Waals surface area contributed by atoms with Crippen molar-refractivity contribution in [1.82, 2.24) is 0 Å². The van der Waals surface area contributed by atoms with Crippen LogP contribution in [0.2, 0.25) is 0 Å². The first-order valence-corrected chi connectivity index (χ1v) is 9.18. The zero-order valence-corrected chi connectivity index (χ0v) is 15.3. The number of ether oxygens (including phenoxy) is 3. The molecule has 0 N–H and O–H groups in total. The molecular formula is C22H22F2O3. The summed E-state index contributed by atoms with van der Waals surface area (Å²) in [4.78, 5) is 0. The van der Waals surface area contributed by atoms with E-state index in [1.807, 2.05) is 6.92 Å². The third-order valence-corrected chi connectivity index (χ3v) is 4.11. The number of halogens is 2. The molecule has 1 aliphatic heterocycles. The molecular weight excluding hydrogens is 350 g/mol. The molecule has 0 radical (unpaired) electrons. The van der Waals surface area contributed by atoms with Crippen LogP contribution in [0, 0.1) is 23.5 Å². The Hall–Kier alpha value is -2.58. The SMILES string of the molecule is CCCOc1ccc(C#Cc2ccc(OC3CCCCO3)cc2)c(F)c1F. The van der Waals surface area contributed by atoms with Crippen LogP contribution in [0.25, 0.3) is 0 Å². The maximum absolute atomic E-state index is 14.1. The Balaban J connectivity index is 1.67. The number of benzene rings is 2. The van der Waals surface area contributed by atoms with Crippen LogP contribution in [0.4, 0.5) is 8.78 Å². The fraction of sp³-hybridized carbons (Fsp3) is 0.364. The average Bonchev–Trinajstić information content (AvgIpc) is 2.70. The van der Waals surface area contributed by atoms with Gasteiger partial charge in [0.15, 0.2) is 17.9 Å². The first-order chi connectivity index (χ1) is 13.2. The highest BCUT2D eigenvalue weighted by atomic mass is 19.2. The molecule has 2 aromatic carbocycles. The van der Waals surface area contributed by atoms with Gasteiger partial charge in [0.2, 0.25) is 5.82 Å². The summed E-state index contributed by atoms with van der Waals surface area (Å²) in [5.74, 6) is 4.11. The second kappa shape index (κ2) is 9.38. The maximum Gasteiger partial charge on any atom is 0.201 e. The van der Waals surface area contributed by atoms with Crippen LogP contribution in [-0.4, -0.2) is 19.5 Å². The number of rotatable bonds is 5. The van der Waals surface area contributed by atoms with Gasteiger partial charge in [0.1, 0.15) is 5.75 Å². The van der Waals surface area contributed by atoms with E-state index >= 15 is 0 Å². The molecule has 1 heterocycles. The van der Waals surface area contributed by atoms with Crippen LogP contribution in [0.5, 0.6) is 11.5 Å². The summed E-state index contributed by atoms with van der Waals surface area (Å²) in [7, 11) is 0. The Labute approximate surface area is 158 Å². The van der Waals surface area contributed by atoms with Crippen LogP contribution >= 0.6 is 0 Å². The van der Waals surface area contributed by atoms with Gasteiger partial charge in [-0.25, -0.2) is 4.39 Å². The molecule has 0 aliphatic carbocycles. The second-order valence-corrected chi connectivity index (χ2v) is 6.28. The zero-order chi connectivity index (χ0) is 19.1. The molecule has 1 aliphatic rings. The summed E-state index contributed by atoms with van der Waals surface area (Å²) < 4.78 is 44.6. The van der Waals surface area contributed by atoms with Gasteiger partial charge < -0.3 is 14.2 Å². The summed E-state index contributed by atoms with van der Waals surface area (Å²) in [6.45, 7) is 2.95. The number of hydrogen-bond acceptors (Lipinski definition) is 3. The lowest BCUT2D eigenvalue weighted by atomic mass is 10.1. The van der Waals surface area contributed by atoms with Crippen molar-refractivity contribution in [3.63, 3.8) is 0 Å². The summed E-state index contributed by atoms with van der Waals surface area (Å²) >= 11 is 0. The molecule has 1 atom stereocenters. The van der Waals surface area contributed by atoms with Gasteiger partial charge in [0.25, 0.3) is 0 Å². The fourth-order valence-corrected chi connectivity index (χ4v) is 2.66. The molecule has 3 nitrogen and oxygen atoms in total. The normalized spacial score (nSPS) is 16.3. The Morgan fingerprint density at radius 1 is 1.04 bits per heavy atom. The summed E-state index contributed by atoms with van der Waals surface area (Å²) in [5.41, 5.74) is 0.672. The molecule has 3 rings (SSSR count). The van der Waals surface area contributed by atoms with Crippen molar-refractivity contribution >= 4 is 0 Å². The van der Waals surface area contributed by atoms with Gasteiger partial charge >= 0.3 is 0 Å². The van der Waals surface area contributed by atoms with Gasteiger partial charge in [0, 0.05) is 12.0 Å². The van der Waals surface area contributed by atoms with E-state index in [1.165, 1.54) is 12.1 Å². The third-order valence-electron chi connectivity index (χ3n) is 4.11. The lowest BCUT2D eigenvalue weighted by Gasteiger charge is -2.23. The largest absolute Gasteiger partial charge is 0.490 e. The van der Waals surface area contributed by atoms with E-state index in [4.69, 9.17) is 14.2 Å². The predicted molar refractivity (Wildman–Crippen MR) is 98.8 cm³/mol. The van der Waals surface area contributed by atoms with E-state index in [0.717, 1.165) is 32.3 Å². The van der Waals surface area contributed by atoms with E-state index in [0.29, 0.717) is 17.9 Å². The highest BCUT2D eigenvalue weighted by Gasteiger charge is 2.15. The minimum absolute atomic E-state index is 0.00715. The summed E-state index contributed by atoms with van der Waals surface area (Å²) in [6, 6.07) is 9.96. The minimum Gasteiger partial charge on any atom is -0.490 e. The molecule has 0 spiro atoms. The van der Waals surface area contributed by atoms with Crippen molar-refractivity contribution in [3.05, 3.63) is 59.2 Å². The maximum atomic E-state index is 14.1. The summed E-state index contributed by atoms with van der Waals surface area (Å²) in [6.07, 6.45) is 3.55. The Morgan fingerprint density at radius 2 is 1.85 bits per heavy atom. The van der Waals surface area contributed by atoms with Crippen LogP contribution in [0.15, 0.2) is 36.4 Å². The number of hydrogen-bond donors (Lipinski definition) is 0. The van der Waals surface area contributed by atoms with Crippen molar-refractivity contribution in [3.8, 4) is 23.3 Å². The quantitative estimate of drug-likeness (QED) is 0.687. The standard InChI is InChI=1S/C22H22F2O3/c1-2-14-25-19-13-10-17(21(23)22(19)24)9-6-16-7-11-18(12-8-16)27-20-5-3-4-15-26-20/h7-8,10-13,20H,2-5,14-15H2,1H3. The molecule has 1 fully saturated rings. The smallest absolute Gasteiger partial charge is 0.201 e. The first-order valence-electron chi connectivity index (χ1n) is 9.18. The van der Waals surface area contributed by atoms with Crippen molar-refractivity contribution in [2.45, 2.75) is 38.9 Å². The topological polar surface area (TPSA) is 27.7 Å². The minimum atomic E-state index is -1.01. The Kier molecular flexibility index (Phi) is 6.67. The first kappa shape index (κ1) is 19.2. The van der Waals surface area contributed by atoms with E-state index in [1.54, 1.807) is 24.3 Å². The van der Waals surface area contributed by atoms with Gasteiger partial charge in [-0.3, -0.25) is 0 Å². The zero-order valence-electron chi connectivity index (χ0n) is 15.3. The van der Waals surface area contributed by atoms with Crippen LogP contribution < -0.4 is 9.47 Å². The van der Waals surface area contributed by atoms with Crippen LogP contribution in [0.3, 0.4) is 0 Å². The molecule has 142 valence electrons. The third kappa shape index (κ3) is 5.21. The molecule has 5 heteroatoms. The van der Waals surface area contributed by atoms with E-state index in [9.17, 15) is 8.78 Å². The molecule has 0 saturated carbocycles. The van der Waals surface area contributed by atoms with Crippen molar-refractivity contribution in [2.24, 2.45) is 0 Å². The molecule has 1 saturated heterocycles. The van der Waals surface area contributed by atoms with Gasteiger partial charge in [-0.1, -0.05) is 18.8 Å². The molecule has 2 aromatic rings. The second-order valence-electron chi connectivity index (χ2n) is 6.28. The van der Waals surface area contributed by atoms with Gasteiger partial charge in [-0.2, -0.15) is 4.39 Å². The van der Waals surface area contributed by atoms with Crippen molar-refractivity contribution < 1.29 is 23.0 Å². The Morgan fingerprint density at radius 3 is 2.56 bits per heavy atom. The van der Waals surface area contributed by atoms with Crippen molar-refractivity contribution in [2.75, 3.05) is 13.2 Å². The lowest BCUT2D eigenvalue weighted by molar-refractivity contribution is -0.105. The lowest BCUT2D eigenvalue weighted by Crippen LogP contribution is -2.24. The van der Waals surface area contributed by atoms with E-state index < -0.39 is 11.6 Å². The highest BCUT2D eigenvalue weighted by Crippen LogP contribution is 2.23. The average molecular weight is 372 g/mol. The van der Waals surface area contributed by atoms with Gasteiger partial charge in [-0.15, -0.1) is 0 Å². The highest BCUT2D eigenvalue weighted by molar-refractivity contribution is 5.46. The van der Waals surface area contributed by atoms with E-state index in [-0.39, 0.29) is 17.6 Å². The molecule has 27 heavy (non-hydrogen) atoms. The molecule has 0 amide bonds. The van der Waals surface area contributed by atoms with Crippen LogP contribution in [-0.2, 0) is 4.74 Å². The molecule has 0 aromatic heterocycles. The van der Waals surface area contributed by atoms with Gasteiger partial charge in [0.05, 0.1) is 18.8 Å². The Bertz CT molecular complexity index is 816. The van der Waals surface area contributed by atoms with Gasteiger partial charge in [-0.05, 0) is 55.7 Å². The van der Waals surface area contributed by atoms with Crippen molar-refractivity contribution in [1.29, 1.82) is 0 Å². The monoisotopic (exact) mass is 372 g/mol. The van der Waals surface area contributed by atoms with Crippen LogP contribution in [0.1, 0.15) is 43.7 Å². The van der Waals surface area contributed by atoms with E-state index in [2.05, 4.69) is 11.8 Å².